The van der Waals surface area contributed by atoms with Crippen molar-refractivity contribution >= 4 is 11.7 Å². The Hall–Kier alpha value is -2.73. The van der Waals surface area contributed by atoms with Crippen molar-refractivity contribution in [2.75, 3.05) is 25.1 Å². The molecule has 2 aliphatic heterocycles. The van der Waals surface area contributed by atoms with Gasteiger partial charge in [-0.3, -0.25) is 4.79 Å². The van der Waals surface area contributed by atoms with Gasteiger partial charge in [0.25, 0.3) is 0 Å². The summed E-state index contributed by atoms with van der Waals surface area (Å²) in [5.41, 5.74) is 4.68. The van der Waals surface area contributed by atoms with Crippen molar-refractivity contribution in [2.24, 2.45) is 5.92 Å². The minimum atomic E-state index is -0.331. The van der Waals surface area contributed by atoms with E-state index in [9.17, 15) is 4.79 Å². The van der Waals surface area contributed by atoms with Gasteiger partial charge < -0.3 is 15.0 Å². The van der Waals surface area contributed by atoms with Crippen LogP contribution in [0.3, 0.4) is 0 Å². The Labute approximate surface area is 159 Å². The van der Waals surface area contributed by atoms with E-state index in [2.05, 4.69) is 20.2 Å². The van der Waals surface area contributed by atoms with Crippen molar-refractivity contribution in [3.05, 3.63) is 58.6 Å². The summed E-state index contributed by atoms with van der Waals surface area (Å²) in [6.45, 7) is 7.50. The van der Waals surface area contributed by atoms with Crippen LogP contribution in [0.5, 0.6) is 5.75 Å². The smallest absolute Gasteiger partial charge is 0.229 e. The number of fused-ring (bicyclic) bond motifs is 1. The zero-order valence-corrected chi connectivity index (χ0v) is 16.1. The maximum absolute atomic E-state index is 13.2. The maximum atomic E-state index is 13.2. The molecule has 3 heterocycles. The fourth-order valence-electron chi connectivity index (χ4n) is 3.93. The van der Waals surface area contributed by atoms with E-state index in [1.807, 2.05) is 51.2 Å². The molecule has 2 aliphatic rings. The summed E-state index contributed by atoms with van der Waals surface area (Å²) < 4.78 is 5.44. The molecule has 6 heteroatoms. The van der Waals surface area contributed by atoms with Crippen LogP contribution in [-0.4, -0.2) is 42.0 Å². The van der Waals surface area contributed by atoms with E-state index in [0.717, 1.165) is 35.6 Å². The summed E-state index contributed by atoms with van der Waals surface area (Å²) in [6, 6.07) is 7.33. The summed E-state index contributed by atoms with van der Waals surface area (Å²) >= 11 is 0. The van der Waals surface area contributed by atoms with Gasteiger partial charge in [-0.25, -0.2) is 9.97 Å². The van der Waals surface area contributed by atoms with Crippen LogP contribution in [-0.2, 0) is 0 Å². The number of anilines is 1. The molecule has 0 amide bonds. The van der Waals surface area contributed by atoms with Crippen molar-refractivity contribution in [3.8, 4) is 5.75 Å². The predicted octanol–water partition coefficient (Wildman–Crippen LogP) is 2.59. The lowest BCUT2D eigenvalue weighted by molar-refractivity contribution is 0.0963. The maximum Gasteiger partial charge on any atom is 0.229 e. The monoisotopic (exact) mass is 364 g/mol. The molecule has 1 N–H and O–H groups in total. The fraction of sp³-hybridized carbons (Fsp3) is 0.381. The van der Waals surface area contributed by atoms with E-state index in [1.165, 1.54) is 0 Å². The molecule has 1 saturated heterocycles. The molecule has 1 aromatic carbocycles. The molecule has 27 heavy (non-hydrogen) atoms. The molecule has 1 fully saturated rings. The molecule has 4 rings (SSSR count). The molecule has 0 saturated carbocycles. The lowest BCUT2D eigenvalue weighted by Crippen LogP contribution is -2.33. The summed E-state index contributed by atoms with van der Waals surface area (Å²) in [4.78, 5) is 24.4. The molecule has 2 aromatic rings. The first kappa shape index (κ1) is 17.7. The number of nitrogens with zero attached hydrogens (tertiary/aromatic N) is 3. The van der Waals surface area contributed by atoms with Crippen LogP contribution in [0.2, 0.25) is 0 Å². The van der Waals surface area contributed by atoms with Gasteiger partial charge in [0.1, 0.15) is 5.75 Å². The lowest BCUT2D eigenvalue weighted by atomic mass is 9.94. The summed E-state index contributed by atoms with van der Waals surface area (Å²) in [5, 5.41) is 3.38. The first-order valence-corrected chi connectivity index (χ1v) is 9.19. The predicted molar refractivity (Wildman–Crippen MR) is 104 cm³/mol. The van der Waals surface area contributed by atoms with Gasteiger partial charge in [-0.1, -0.05) is 6.07 Å². The number of nitrogens with one attached hydrogen (secondary N) is 1. The Balaban J connectivity index is 1.63. The molecular formula is C21H24N4O2. The van der Waals surface area contributed by atoms with Gasteiger partial charge in [0.15, 0.2) is 5.78 Å². The Morgan fingerprint density at radius 2 is 1.93 bits per heavy atom. The van der Waals surface area contributed by atoms with Gasteiger partial charge in [-0.15, -0.1) is 0 Å². The average Bonchev–Trinajstić information content (AvgIpc) is 3.20. The van der Waals surface area contributed by atoms with Gasteiger partial charge in [-0.05, 0) is 50.1 Å². The molecule has 0 spiro atoms. The number of carbonyl (C=O) groups is 1. The first-order valence-electron chi connectivity index (χ1n) is 9.19. The number of ketones is 1. The second kappa shape index (κ2) is 6.78. The Morgan fingerprint density at radius 3 is 2.63 bits per heavy atom. The van der Waals surface area contributed by atoms with Crippen molar-refractivity contribution in [2.45, 2.75) is 26.8 Å². The van der Waals surface area contributed by atoms with Crippen molar-refractivity contribution in [1.82, 2.24) is 15.3 Å². The van der Waals surface area contributed by atoms with Gasteiger partial charge in [0.2, 0.25) is 5.95 Å². The number of Topliss-reactive ketones (excluding diaryl/α,β-unsaturated/α-hetero) is 1. The third-order valence-electron chi connectivity index (χ3n) is 5.21. The van der Waals surface area contributed by atoms with Crippen molar-refractivity contribution in [1.29, 1.82) is 0 Å². The molecule has 2 atom stereocenters. The lowest BCUT2D eigenvalue weighted by Gasteiger charge is -2.17. The van der Waals surface area contributed by atoms with Crippen LogP contribution in [0.1, 0.15) is 27.3 Å². The first-order chi connectivity index (χ1) is 13.0. The third-order valence-corrected chi connectivity index (χ3v) is 5.21. The average molecular weight is 364 g/mol. The second-order valence-corrected chi connectivity index (χ2v) is 7.34. The van der Waals surface area contributed by atoms with E-state index in [-0.39, 0.29) is 11.8 Å². The van der Waals surface area contributed by atoms with Crippen LogP contribution in [0.25, 0.3) is 0 Å². The summed E-state index contributed by atoms with van der Waals surface area (Å²) in [7, 11) is 1.60. The number of aryl methyl sites for hydroxylation is 3. The largest absolute Gasteiger partial charge is 0.496 e. The van der Waals surface area contributed by atoms with Crippen molar-refractivity contribution in [3.63, 3.8) is 0 Å². The highest BCUT2D eigenvalue weighted by atomic mass is 16.5. The van der Waals surface area contributed by atoms with Gasteiger partial charge in [-0.2, -0.15) is 0 Å². The van der Waals surface area contributed by atoms with Gasteiger partial charge >= 0.3 is 0 Å². The molecule has 6 nitrogen and oxygen atoms in total. The number of rotatable bonds is 4. The molecule has 2 unspecified atom stereocenters. The number of benzene rings is 1. The topological polar surface area (TPSA) is 67.3 Å². The molecule has 0 radical (unpaired) electrons. The third kappa shape index (κ3) is 3.21. The minimum Gasteiger partial charge on any atom is -0.496 e. The van der Waals surface area contributed by atoms with E-state index < -0.39 is 0 Å². The number of methoxy groups -OCH3 is 1. The fourth-order valence-corrected chi connectivity index (χ4v) is 3.93. The van der Waals surface area contributed by atoms with Crippen molar-refractivity contribution < 1.29 is 9.53 Å². The van der Waals surface area contributed by atoms with E-state index in [1.54, 1.807) is 7.11 Å². The molecular weight excluding hydrogens is 340 g/mol. The van der Waals surface area contributed by atoms with Gasteiger partial charge in [0, 0.05) is 36.6 Å². The second-order valence-electron chi connectivity index (χ2n) is 7.34. The normalized spacial score (nSPS) is 21.2. The Kier molecular flexibility index (Phi) is 4.44. The zero-order chi connectivity index (χ0) is 19.1. The summed E-state index contributed by atoms with van der Waals surface area (Å²) in [6.07, 6.45) is 2.04. The summed E-state index contributed by atoms with van der Waals surface area (Å²) in [5.74, 6) is 1.66. The molecule has 0 aliphatic carbocycles. The SMILES string of the molecule is COc1cc(C)ccc1C(=O)C1NCC2CN(c3nc(C)cc(C)n3)C=C21. The number of ether oxygens (including phenoxy) is 1. The molecule has 1 aromatic heterocycles. The molecule has 140 valence electrons. The van der Waals surface area contributed by atoms with Crippen LogP contribution in [0, 0.1) is 26.7 Å². The van der Waals surface area contributed by atoms with Crippen LogP contribution in [0.4, 0.5) is 5.95 Å². The van der Waals surface area contributed by atoms with Crippen LogP contribution < -0.4 is 15.0 Å². The van der Waals surface area contributed by atoms with Gasteiger partial charge in [0.05, 0.1) is 18.7 Å². The highest BCUT2D eigenvalue weighted by Gasteiger charge is 2.40. The number of carbonyl (C=O) groups excluding carboxylic acids is 1. The number of aromatic nitrogens is 2. The highest BCUT2D eigenvalue weighted by Crippen LogP contribution is 2.34. The Bertz CT molecular complexity index is 918. The number of hydrogen-bond acceptors (Lipinski definition) is 6. The molecule has 0 bridgehead atoms. The zero-order valence-electron chi connectivity index (χ0n) is 16.1. The van der Waals surface area contributed by atoms with Crippen LogP contribution in [0.15, 0.2) is 36.0 Å². The van der Waals surface area contributed by atoms with E-state index >= 15 is 0 Å². The standard InChI is InChI=1S/C21H24N4O2/c1-12-5-6-16(18(7-12)27-4)20(26)19-17-11-25(10-15(17)9-22-19)21-23-13(2)8-14(3)24-21/h5-8,11,15,19,22H,9-10H2,1-4H3. The minimum absolute atomic E-state index is 0.0452. The van der Waals surface area contributed by atoms with Crippen LogP contribution >= 0.6 is 0 Å². The highest BCUT2D eigenvalue weighted by molar-refractivity contribution is 6.04. The quantitative estimate of drug-likeness (QED) is 0.841. The number of hydrogen-bond donors (Lipinski definition) is 1. The van der Waals surface area contributed by atoms with E-state index in [0.29, 0.717) is 23.2 Å². The van der Waals surface area contributed by atoms with E-state index in [4.69, 9.17) is 4.74 Å². The Morgan fingerprint density at radius 1 is 1.19 bits per heavy atom.